The minimum Gasteiger partial charge on any atom is -0.379 e. The highest BCUT2D eigenvalue weighted by Gasteiger charge is 2.38. The lowest BCUT2D eigenvalue weighted by atomic mass is 10.2. The lowest BCUT2D eigenvalue weighted by Crippen LogP contribution is -2.43. The van der Waals surface area contributed by atoms with Crippen LogP contribution in [0.2, 0.25) is 0 Å². The number of hydrogen-bond acceptors (Lipinski definition) is 7. The number of morpholine rings is 1. The molecule has 2 heterocycles. The molecule has 0 aromatic heterocycles. The van der Waals surface area contributed by atoms with Crippen molar-refractivity contribution in [1.29, 1.82) is 0 Å². The van der Waals surface area contributed by atoms with Crippen molar-refractivity contribution in [3.63, 3.8) is 0 Å². The smallest absolute Gasteiger partial charge is 0.248 e. The van der Waals surface area contributed by atoms with E-state index < -0.39 is 31.8 Å². The van der Waals surface area contributed by atoms with Crippen LogP contribution in [-0.2, 0) is 24.6 Å². The van der Waals surface area contributed by atoms with Crippen LogP contribution in [0.15, 0.2) is 29.2 Å². The Hall–Kier alpha value is -1.53. The zero-order chi connectivity index (χ0) is 21.1. The predicted molar refractivity (Wildman–Crippen MR) is 108 cm³/mol. The second-order valence-corrected chi connectivity index (χ2v) is 11.5. The fourth-order valence-corrected chi connectivity index (χ4v) is 7.22. The van der Waals surface area contributed by atoms with Crippen LogP contribution in [0.1, 0.15) is 23.2 Å². The standard InChI is InChI=1S/C18H27N3O6S2/c19-18(22)15-2-4-17(5-3-15)29(25,26)21(16-6-13-28(23,24)14-16)8-1-7-20-9-11-27-12-10-20/h2-5,16H,1,6-14H2,(H2,19,22). The molecule has 0 spiro atoms. The third-order valence-electron chi connectivity index (χ3n) is 5.32. The first-order chi connectivity index (χ1) is 13.7. The maximum atomic E-state index is 13.3. The predicted octanol–water partition coefficient (Wildman–Crippen LogP) is -0.314. The largest absolute Gasteiger partial charge is 0.379 e. The second kappa shape index (κ2) is 9.09. The van der Waals surface area contributed by atoms with E-state index in [4.69, 9.17) is 10.5 Å². The Morgan fingerprint density at radius 2 is 1.86 bits per heavy atom. The first kappa shape index (κ1) is 22.2. The molecule has 2 fully saturated rings. The number of primary amides is 1. The number of sulfone groups is 1. The molecule has 1 aromatic carbocycles. The van der Waals surface area contributed by atoms with Crippen LogP contribution >= 0.6 is 0 Å². The summed E-state index contributed by atoms with van der Waals surface area (Å²) in [7, 11) is -7.15. The monoisotopic (exact) mass is 445 g/mol. The Bertz CT molecular complexity index is 925. The Balaban J connectivity index is 1.78. The SMILES string of the molecule is NC(=O)c1ccc(S(=O)(=O)N(CCCN2CCOCC2)C2CCS(=O)(=O)C2)cc1. The Labute approximate surface area is 171 Å². The van der Waals surface area contributed by atoms with Gasteiger partial charge in [-0.15, -0.1) is 0 Å². The average molecular weight is 446 g/mol. The second-order valence-electron chi connectivity index (χ2n) is 7.37. The van der Waals surface area contributed by atoms with Crippen molar-refractivity contribution >= 4 is 25.8 Å². The molecule has 2 saturated heterocycles. The van der Waals surface area contributed by atoms with Gasteiger partial charge in [-0.3, -0.25) is 9.69 Å². The molecule has 2 N–H and O–H groups in total. The van der Waals surface area contributed by atoms with Gasteiger partial charge in [0.25, 0.3) is 0 Å². The lowest BCUT2D eigenvalue weighted by Gasteiger charge is -2.30. The van der Waals surface area contributed by atoms with E-state index in [9.17, 15) is 21.6 Å². The molecule has 1 atom stereocenters. The number of rotatable bonds is 8. The molecular weight excluding hydrogens is 418 g/mol. The molecule has 1 amide bonds. The lowest BCUT2D eigenvalue weighted by molar-refractivity contribution is 0.0367. The Kier molecular flexibility index (Phi) is 6.94. The maximum absolute atomic E-state index is 13.3. The first-order valence-corrected chi connectivity index (χ1v) is 12.9. The van der Waals surface area contributed by atoms with Crippen LogP contribution in [0.5, 0.6) is 0 Å². The van der Waals surface area contributed by atoms with Crippen molar-refractivity contribution in [1.82, 2.24) is 9.21 Å². The number of ether oxygens (including phenoxy) is 1. The molecule has 9 nitrogen and oxygen atoms in total. The zero-order valence-corrected chi connectivity index (χ0v) is 17.8. The topological polar surface area (TPSA) is 127 Å². The van der Waals surface area contributed by atoms with Gasteiger partial charge in [-0.2, -0.15) is 4.31 Å². The summed E-state index contributed by atoms with van der Waals surface area (Å²) in [4.78, 5) is 13.5. The van der Waals surface area contributed by atoms with Gasteiger partial charge < -0.3 is 10.5 Å². The van der Waals surface area contributed by atoms with Gasteiger partial charge >= 0.3 is 0 Å². The summed E-state index contributed by atoms with van der Waals surface area (Å²) in [6.07, 6.45) is 0.883. The molecule has 2 aliphatic rings. The number of amides is 1. The molecule has 0 bridgehead atoms. The van der Waals surface area contributed by atoms with E-state index in [1.165, 1.54) is 28.6 Å². The van der Waals surface area contributed by atoms with Crippen LogP contribution in [-0.4, -0.2) is 88.9 Å². The summed E-state index contributed by atoms with van der Waals surface area (Å²) in [5.74, 6) is -0.810. The van der Waals surface area contributed by atoms with E-state index >= 15 is 0 Å². The number of nitrogens with zero attached hydrogens (tertiary/aromatic N) is 2. The highest BCUT2D eigenvalue weighted by molar-refractivity contribution is 7.92. The Morgan fingerprint density at radius 1 is 1.21 bits per heavy atom. The van der Waals surface area contributed by atoms with E-state index in [0.717, 1.165) is 19.6 Å². The van der Waals surface area contributed by atoms with Crippen molar-refractivity contribution in [2.45, 2.75) is 23.8 Å². The van der Waals surface area contributed by atoms with Gasteiger partial charge in [-0.05, 0) is 43.7 Å². The van der Waals surface area contributed by atoms with E-state index in [0.29, 0.717) is 26.1 Å². The first-order valence-electron chi connectivity index (χ1n) is 9.61. The molecule has 3 rings (SSSR count). The molecule has 162 valence electrons. The molecular formula is C18H27N3O6S2. The summed E-state index contributed by atoms with van der Waals surface area (Å²) in [5.41, 5.74) is 5.43. The van der Waals surface area contributed by atoms with Crippen molar-refractivity contribution in [2.24, 2.45) is 5.73 Å². The normalized spacial score (nSPS) is 22.7. The minimum absolute atomic E-state index is 0.00619. The molecule has 0 aliphatic carbocycles. The van der Waals surface area contributed by atoms with Gasteiger partial charge in [0.2, 0.25) is 15.9 Å². The van der Waals surface area contributed by atoms with Gasteiger partial charge in [0.15, 0.2) is 9.84 Å². The summed E-state index contributed by atoms with van der Waals surface area (Å²) in [5, 5.41) is 0. The van der Waals surface area contributed by atoms with E-state index in [2.05, 4.69) is 4.90 Å². The van der Waals surface area contributed by atoms with Gasteiger partial charge in [0.05, 0.1) is 29.6 Å². The van der Waals surface area contributed by atoms with E-state index in [1.54, 1.807) is 0 Å². The average Bonchev–Trinajstić information content (AvgIpc) is 3.05. The number of benzene rings is 1. The highest BCUT2D eigenvalue weighted by atomic mass is 32.2. The van der Waals surface area contributed by atoms with Gasteiger partial charge in [0.1, 0.15) is 0 Å². The fourth-order valence-electron chi connectivity index (χ4n) is 3.70. The van der Waals surface area contributed by atoms with Gasteiger partial charge in [0, 0.05) is 31.2 Å². The third-order valence-corrected chi connectivity index (χ3v) is 9.03. The molecule has 29 heavy (non-hydrogen) atoms. The molecule has 0 saturated carbocycles. The molecule has 1 unspecified atom stereocenters. The number of carbonyl (C=O) groups excluding carboxylic acids is 1. The summed E-state index contributed by atoms with van der Waals surface area (Å²) < 4.78 is 57.1. The minimum atomic E-state index is -3.91. The summed E-state index contributed by atoms with van der Waals surface area (Å²) >= 11 is 0. The third kappa shape index (κ3) is 5.54. The quantitative estimate of drug-likeness (QED) is 0.581. The number of hydrogen-bond donors (Lipinski definition) is 1. The molecule has 2 aliphatic heterocycles. The van der Waals surface area contributed by atoms with Gasteiger partial charge in [-0.25, -0.2) is 16.8 Å². The van der Waals surface area contributed by atoms with Gasteiger partial charge in [-0.1, -0.05) is 0 Å². The molecule has 1 aromatic rings. The fraction of sp³-hybridized carbons (Fsp3) is 0.611. The van der Waals surface area contributed by atoms with Crippen LogP contribution in [0, 0.1) is 0 Å². The van der Waals surface area contributed by atoms with Crippen molar-refractivity contribution in [2.75, 3.05) is 50.9 Å². The van der Waals surface area contributed by atoms with E-state index in [-0.39, 0.29) is 28.5 Å². The van der Waals surface area contributed by atoms with Crippen molar-refractivity contribution in [3.8, 4) is 0 Å². The molecule has 11 heteroatoms. The highest BCUT2D eigenvalue weighted by Crippen LogP contribution is 2.25. The Morgan fingerprint density at radius 3 is 2.41 bits per heavy atom. The summed E-state index contributed by atoms with van der Waals surface area (Å²) in [6.45, 7) is 3.88. The van der Waals surface area contributed by atoms with Crippen LogP contribution < -0.4 is 5.73 Å². The zero-order valence-electron chi connectivity index (χ0n) is 16.2. The van der Waals surface area contributed by atoms with Crippen molar-refractivity contribution < 1.29 is 26.4 Å². The molecule has 0 radical (unpaired) electrons. The number of nitrogens with two attached hydrogens (primary N) is 1. The van der Waals surface area contributed by atoms with Crippen LogP contribution in [0.3, 0.4) is 0 Å². The van der Waals surface area contributed by atoms with E-state index in [1.807, 2.05) is 0 Å². The maximum Gasteiger partial charge on any atom is 0.248 e. The van der Waals surface area contributed by atoms with Crippen molar-refractivity contribution in [3.05, 3.63) is 29.8 Å². The summed E-state index contributed by atoms with van der Waals surface area (Å²) in [6, 6.07) is 4.84. The van der Waals surface area contributed by atoms with Crippen LogP contribution in [0.4, 0.5) is 0 Å². The van der Waals surface area contributed by atoms with Crippen LogP contribution in [0.25, 0.3) is 0 Å². The number of sulfonamides is 1. The number of carbonyl (C=O) groups is 1.